The first-order chi connectivity index (χ1) is 13.5. The number of benzene rings is 2. The van der Waals surface area contributed by atoms with Gasteiger partial charge < -0.3 is 14.9 Å². The van der Waals surface area contributed by atoms with E-state index in [0.29, 0.717) is 5.54 Å². The Morgan fingerprint density at radius 1 is 0.719 bits per heavy atom. The van der Waals surface area contributed by atoms with Crippen LogP contribution < -0.4 is 10.4 Å². The Labute approximate surface area is 217 Å². The van der Waals surface area contributed by atoms with Gasteiger partial charge in [0.2, 0.25) is 0 Å². The van der Waals surface area contributed by atoms with Gasteiger partial charge in [-0.3, -0.25) is 0 Å². The molecule has 0 bridgehead atoms. The van der Waals surface area contributed by atoms with E-state index in [0.717, 1.165) is 9.52 Å². The van der Waals surface area contributed by atoms with Gasteiger partial charge in [-0.2, -0.15) is 22.3 Å². The second-order valence-corrected chi connectivity index (χ2v) is 16.3. The molecular formula is C29H41Si2Ti. The predicted molar refractivity (Wildman–Crippen MR) is 146 cm³/mol. The van der Waals surface area contributed by atoms with Gasteiger partial charge in [-0.25, -0.2) is 0 Å². The molecule has 0 spiro atoms. The summed E-state index contributed by atoms with van der Waals surface area (Å²) in [4.78, 5) is 0. The van der Waals surface area contributed by atoms with E-state index in [1.165, 1.54) is 44.1 Å². The predicted octanol–water partition coefficient (Wildman–Crippen LogP) is 6.82. The van der Waals surface area contributed by atoms with E-state index in [-0.39, 0.29) is 36.6 Å². The standard InChI is InChI=1S/C27H35Si2.2CH3.Ti/c1-17-10-12-23(13-11-17)27(26-21(5)19(3)20(4)22(26)6)28-24-14-18(2)15-25(16-24)29(7,8)9;;;/h10-16,27H,1-9H3;2*1H3;/q3*-1;+3. The van der Waals surface area contributed by atoms with Crippen LogP contribution in [-0.2, 0) is 21.7 Å². The van der Waals surface area contributed by atoms with E-state index < -0.39 is 8.07 Å². The van der Waals surface area contributed by atoms with Gasteiger partial charge in [-0.05, 0) is 19.4 Å². The first-order valence-corrected chi connectivity index (χ1v) is 15.2. The Kier molecular flexibility index (Phi) is 11.5. The van der Waals surface area contributed by atoms with Crippen LogP contribution in [0, 0.1) is 56.4 Å². The minimum atomic E-state index is -1.34. The van der Waals surface area contributed by atoms with Crippen molar-refractivity contribution in [3.8, 4) is 0 Å². The van der Waals surface area contributed by atoms with Crippen LogP contribution in [0.5, 0.6) is 0 Å². The molecule has 0 aliphatic heterocycles. The normalized spacial score (nSPS) is 11.8. The van der Waals surface area contributed by atoms with Gasteiger partial charge in [0, 0.05) is 0 Å². The minimum Gasteiger partial charge on any atom is -0.358 e. The second kappa shape index (κ2) is 11.9. The molecule has 0 saturated carbocycles. The van der Waals surface area contributed by atoms with Gasteiger partial charge in [0.15, 0.2) is 0 Å². The summed E-state index contributed by atoms with van der Waals surface area (Å²) in [6.07, 6.45) is 0. The summed E-state index contributed by atoms with van der Waals surface area (Å²) in [5, 5.41) is 3.08. The van der Waals surface area contributed by atoms with Gasteiger partial charge in [-0.15, -0.1) is 5.56 Å². The maximum absolute atomic E-state index is 2.51. The maximum Gasteiger partial charge on any atom is 3.00 e. The van der Waals surface area contributed by atoms with Crippen LogP contribution in [0.4, 0.5) is 0 Å². The van der Waals surface area contributed by atoms with Gasteiger partial charge in [-0.1, -0.05) is 117 Å². The van der Waals surface area contributed by atoms with Crippen molar-refractivity contribution in [2.24, 2.45) is 0 Å². The van der Waals surface area contributed by atoms with Gasteiger partial charge >= 0.3 is 21.7 Å². The smallest absolute Gasteiger partial charge is 0.358 e. The molecule has 0 fully saturated rings. The summed E-state index contributed by atoms with van der Waals surface area (Å²) in [5.74, 6) is 0. The van der Waals surface area contributed by atoms with Crippen LogP contribution in [0.3, 0.4) is 0 Å². The molecule has 3 rings (SSSR count). The van der Waals surface area contributed by atoms with Gasteiger partial charge in [0.1, 0.15) is 0 Å². The zero-order valence-corrected chi connectivity index (χ0v) is 25.7. The first kappa shape index (κ1) is 30.9. The second-order valence-electron chi connectivity index (χ2n) is 9.74. The Morgan fingerprint density at radius 3 is 1.69 bits per heavy atom. The molecule has 0 aromatic heterocycles. The fourth-order valence-corrected chi connectivity index (χ4v) is 7.44. The maximum atomic E-state index is 2.51. The summed E-state index contributed by atoms with van der Waals surface area (Å²) in [6, 6.07) is 16.6. The quantitative estimate of drug-likeness (QED) is 0.270. The van der Waals surface area contributed by atoms with E-state index in [2.05, 4.69) is 104 Å². The molecule has 3 aromatic carbocycles. The van der Waals surface area contributed by atoms with Crippen molar-refractivity contribution in [3.63, 3.8) is 0 Å². The van der Waals surface area contributed by atoms with E-state index in [9.17, 15) is 0 Å². The topological polar surface area (TPSA) is 0 Å². The molecule has 0 amide bonds. The molecule has 0 nitrogen and oxygen atoms in total. The number of rotatable bonds is 5. The summed E-state index contributed by atoms with van der Waals surface area (Å²) >= 11 is 0. The minimum absolute atomic E-state index is 0. The van der Waals surface area contributed by atoms with Crippen molar-refractivity contribution in [3.05, 3.63) is 102 Å². The largest absolute Gasteiger partial charge is 3.00 e. The third-order valence-electron chi connectivity index (χ3n) is 6.45. The molecular weight excluding hydrogens is 452 g/mol. The molecule has 0 heterocycles. The molecule has 1 atom stereocenters. The molecule has 3 radical (unpaired) electrons. The Balaban J connectivity index is 0.00000320. The zero-order chi connectivity index (χ0) is 21.5. The Morgan fingerprint density at radius 2 is 1.22 bits per heavy atom. The van der Waals surface area contributed by atoms with E-state index >= 15 is 0 Å². The first-order valence-electron chi connectivity index (χ1n) is 10.7. The Hall–Kier alpha value is -1.06. The third kappa shape index (κ3) is 6.50. The van der Waals surface area contributed by atoms with Crippen molar-refractivity contribution in [2.45, 2.75) is 66.7 Å². The van der Waals surface area contributed by atoms with Crippen LogP contribution in [0.15, 0.2) is 42.5 Å². The SMILES string of the molecule is Cc1ccc(C([Si]c2cc(C)cc([Si](C)(C)C)c2)[c-]2c(C)c(C)c(C)c2C)cc1.[CH3-].[CH3-].[Ti+3]. The fourth-order valence-electron chi connectivity index (χ4n) is 4.23. The summed E-state index contributed by atoms with van der Waals surface area (Å²) in [5.41, 5.74) is 12.1. The van der Waals surface area contributed by atoms with Gasteiger partial charge in [0.05, 0.1) is 17.6 Å². The third-order valence-corrected chi connectivity index (χ3v) is 10.0. The van der Waals surface area contributed by atoms with Crippen molar-refractivity contribution in [1.29, 1.82) is 0 Å². The number of hydrogen-bond acceptors (Lipinski definition) is 0. The molecule has 169 valence electrons. The molecule has 0 N–H and O–H groups in total. The fraction of sp³-hybridized carbons (Fsp3) is 0.345. The van der Waals surface area contributed by atoms with Crippen molar-refractivity contribution in [2.75, 3.05) is 0 Å². The number of aryl methyl sites for hydroxylation is 2. The van der Waals surface area contributed by atoms with Crippen molar-refractivity contribution in [1.82, 2.24) is 0 Å². The van der Waals surface area contributed by atoms with E-state index in [4.69, 9.17) is 0 Å². The molecule has 3 heteroatoms. The van der Waals surface area contributed by atoms with Crippen molar-refractivity contribution < 1.29 is 21.7 Å². The monoisotopic (exact) mass is 493 g/mol. The molecule has 0 aliphatic carbocycles. The molecule has 32 heavy (non-hydrogen) atoms. The van der Waals surface area contributed by atoms with Crippen LogP contribution >= 0.6 is 0 Å². The van der Waals surface area contributed by atoms with E-state index in [1.54, 1.807) is 10.8 Å². The molecule has 0 saturated heterocycles. The van der Waals surface area contributed by atoms with Crippen LogP contribution in [0.25, 0.3) is 0 Å². The number of hydrogen-bond donors (Lipinski definition) is 0. The van der Waals surface area contributed by atoms with E-state index in [1.807, 2.05) is 0 Å². The summed E-state index contributed by atoms with van der Waals surface area (Å²) < 4.78 is 0. The van der Waals surface area contributed by atoms with Crippen LogP contribution in [0.1, 0.15) is 50.0 Å². The average Bonchev–Trinajstić information content (AvgIpc) is 2.83. The summed E-state index contributed by atoms with van der Waals surface area (Å²) in [7, 11) is -0.592. The van der Waals surface area contributed by atoms with Gasteiger partial charge in [0.25, 0.3) is 0 Å². The zero-order valence-electron chi connectivity index (χ0n) is 22.1. The molecule has 1 unspecified atom stereocenters. The average molecular weight is 494 g/mol. The Bertz CT molecular complexity index is 995. The molecule has 0 aliphatic rings. The summed E-state index contributed by atoms with van der Waals surface area (Å²) in [6.45, 7) is 21.0. The van der Waals surface area contributed by atoms with Crippen LogP contribution in [0.2, 0.25) is 19.6 Å². The van der Waals surface area contributed by atoms with Crippen molar-refractivity contribution >= 4 is 28.0 Å². The van der Waals surface area contributed by atoms with Crippen LogP contribution in [-0.4, -0.2) is 17.6 Å². The molecule has 3 aromatic rings.